The summed E-state index contributed by atoms with van der Waals surface area (Å²) >= 11 is 0. The van der Waals surface area contributed by atoms with E-state index in [0.717, 1.165) is 11.1 Å². The molecule has 1 aliphatic rings. The Morgan fingerprint density at radius 1 is 0.848 bits per heavy atom. The van der Waals surface area contributed by atoms with E-state index in [0.29, 0.717) is 18.4 Å². The molecule has 5 atom stereocenters. The Kier molecular flexibility index (Phi) is 12.0. The Labute approximate surface area is 274 Å². The first-order chi connectivity index (χ1) is 21.3. The van der Waals surface area contributed by atoms with Crippen LogP contribution < -0.4 is 10.6 Å². The average Bonchev–Trinajstić information content (AvgIpc) is 3.65. The van der Waals surface area contributed by atoms with E-state index in [-0.39, 0.29) is 30.2 Å². The quantitative estimate of drug-likeness (QED) is 0.265. The number of carbonyl (C=O) groups excluding carboxylic acids is 4. The van der Waals surface area contributed by atoms with Crippen LogP contribution >= 0.6 is 0 Å². The fourth-order valence-electron chi connectivity index (χ4n) is 5.35. The molecule has 9 heteroatoms. The predicted octanol–water partition coefficient (Wildman–Crippen LogP) is 6.28. The zero-order chi connectivity index (χ0) is 34.4. The lowest BCUT2D eigenvalue weighted by Crippen LogP contribution is -2.56. The van der Waals surface area contributed by atoms with Crippen molar-refractivity contribution in [2.24, 2.45) is 11.8 Å². The fourth-order valence-corrected chi connectivity index (χ4v) is 5.35. The lowest BCUT2D eigenvalue weighted by molar-refractivity contribution is -0.159. The second-order valence-electron chi connectivity index (χ2n) is 15.0. The average molecular weight is 636 g/mol. The highest BCUT2D eigenvalue weighted by Crippen LogP contribution is 2.41. The number of ether oxygens (including phenoxy) is 2. The van der Waals surface area contributed by atoms with Crippen molar-refractivity contribution < 1.29 is 28.7 Å². The van der Waals surface area contributed by atoms with E-state index in [1.807, 2.05) is 82.3 Å². The van der Waals surface area contributed by atoms with Crippen LogP contribution in [0.2, 0.25) is 0 Å². The predicted molar refractivity (Wildman–Crippen MR) is 179 cm³/mol. The highest BCUT2D eigenvalue weighted by Gasteiger charge is 2.48. The molecule has 252 valence electrons. The van der Waals surface area contributed by atoms with Crippen molar-refractivity contribution >= 4 is 23.9 Å². The number of aryl methyl sites for hydroxylation is 1. The minimum Gasteiger partial charge on any atom is -0.458 e. The van der Waals surface area contributed by atoms with E-state index in [4.69, 9.17) is 9.47 Å². The third kappa shape index (κ3) is 11.2. The van der Waals surface area contributed by atoms with Crippen LogP contribution in [0.3, 0.4) is 0 Å². The maximum Gasteiger partial charge on any atom is 0.408 e. The van der Waals surface area contributed by atoms with Crippen LogP contribution in [-0.4, -0.2) is 58.1 Å². The first-order valence-corrected chi connectivity index (χ1v) is 16.3. The zero-order valence-corrected chi connectivity index (χ0v) is 29.2. The highest BCUT2D eigenvalue weighted by molar-refractivity contribution is 5.94. The van der Waals surface area contributed by atoms with Gasteiger partial charge in [-0.15, -0.1) is 0 Å². The van der Waals surface area contributed by atoms with Gasteiger partial charge < -0.3 is 25.0 Å². The summed E-state index contributed by atoms with van der Waals surface area (Å²) in [7, 11) is 0. The lowest BCUT2D eigenvalue weighted by atomic mass is 9.97. The molecule has 2 aromatic rings. The molecule has 0 heterocycles. The van der Waals surface area contributed by atoms with Gasteiger partial charge >= 0.3 is 12.1 Å². The summed E-state index contributed by atoms with van der Waals surface area (Å²) in [5.41, 5.74) is 0.947. The Morgan fingerprint density at radius 3 is 1.91 bits per heavy atom. The molecule has 2 N–H and O–H groups in total. The van der Waals surface area contributed by atoms with E-state index < -0.39 is 47.3 Å². The molecule has 1 aliphatic carbocycles. The van der Waals surface area contributed by atoms with Gasteiger partial charge in [-0.2, -0.15) is 0 Å². The summed E-state index contributed by atoms with van der Waals surface area (Å²) in [5, 5.41) is 5.76. The van der Waals surface area contributed by atoms with Crippen LogP contribution in [0, 0.1) is 18.8 Å². The molecule has 9 nitrogen and oxygen atoms in total. The Hall–Kier alpha value is -3.88. The summed E-state index contributed by atoms with van der Waals surface area (Å²) in [5.74, 6) is -1.21. The summed E-state index contributed by atoms with van der Waals surface area (Å²) in [6, 6.07) is 13.7. The number of nitrogens with zero attached hydrogens (tertiary/aromatic N) is 1. The molecule has 5 unspecified atom stereocenters. The van der Waals surface area contributed by atoms with Crippen LogP contribution in [0.4, 0.5) is 4.79 Å². The lowest BCUT2D eigenvalue weighted by Gasteiger charge is -2.36. The summed E-state index contributed by atoms with van der Waals surface area (Å²) in [6.45, 7) is 18.6. The largest absolute Gasteiger partial charge is 0.458 e. The van der Waals surface area contributed by atoms with Gasteiger partial charge in [-0.3, -0.25) is 9.59 Å². The van der Waals surface area contributed by atoms with E-state index in [9.17, 15) is 19.2 Å². The molecule has 0 bridgehead atoms. The third-order valence-corrected chi connectivity index (χ3v) is 7.58. The molecule has 0 radical (unpaired) electrons. The molecule has 0 aliphatic heterocycles. The van der Waals surface area contributed by atoms with Gasteiger partial charge in [0, 0.05) is 12.5 Å². The van der Waals surface area contributed by atoms with Gasteiger partial charge in [-0.1, -0.05) is 80.9 Å². The highest BCUT2D eigenvalue weighted by atomic mass is 16.6. The number of rotatable bonds is 12. The Bertz CT molecular complexity index is 1340. The van der Waals surface area contributed by atoms with Crippen molar-refractivity contribution in [1.82, 2.24) is 15.5 Å². The molecule has 2 aromatic carbocycles. The van der Waals surface area contributed by atoms with E-state index >= 15 is 0 Å². The number of hydrogen-bond donors (Lipinski definition) is 2. The number of carbonyl (C=O) groups is 4. The molecule has 0 saturated heterocycles. The summed E-state index contributed by atoms with van der Waals surface area (Å²) < 4.78 is 11.2. The normalized spacial score (nSPS) is 18.2. The molecule has 1 fully saturated rings. The van der Waals surface area contributed by atoms with Crippen molar-refractivity contribution in [2.45, 2.75) is 124 Å². The molecular weight excluding hydrogens is 582 g/mol. The van der Waals surface area contributed by atoms with Crippen molar-refractivity contribution in [2.75, 3.05) is 0 Å². The smallest absolute Gasteiger partial charge is 0.408 e. The molecule has 3 amide bonds. The second-order valence-corrected chi connectivity index (χ2v) is 15.0. The van der Waals surface area contributed by atoms with Gasteiger partial charge in [-0.25, -0.2) is 9.59 Å². The second kappa shape index (κ2) is 15.1. The van der Waals surface area contributed by atoms with E-state index in [1.165, 1.54) is 0 Å². The molecule has 3 rings (SSSR count). The fraction of sp³-hybridized carbons (Fsp3) is 0.568. The monoisotopic (exact) mass is 635 g/mol. The van der Waals surface area contributed by atoms with Gasteiger partial charge in [0.25, 0.3) is 0 Å². The maximum absolute atomic E-state index is 14.6. The number of esters is 1. The number of hydrogen-bond acceptors (Lipinski definition) is 6. The molecule has 1 saturated carbocycles. The van der Waals surface area contributed by atoms with Gasteiger partial charge in [0.1, 0.15) is 29.3 Å². The van der Waals surface area contributed by atoms with Crippen molar-refractivity contribution in [3.8, 4) is 0 Å². The maximum atomic E-state index is 14.6. The van der Waals surface area contributed by atoms with Gasteiger partial charge in [0.05, 0.1) is 0 Å². The SMILES string of the molecule is Cc1ccc(C(C(=O)NC(Cc2ccccc2)C(=O)OC(C)(C)C)N(C(=O)C(CC(C)C)NC(=O)OC(C)(C)C)C2CC2C)cc1. The van der Waals surface area contributed by atoms with Crippen LogP contribution in [0.25, 0.3) is 0 Å². The molecule has 46 heavy (non-hydrogen) atoms. The molecular formula is C37H53N3O6. The summed E-state index contributed by atoms with van der Waals surface area (Å²) in [6.07, 6.45) is 0.583. The number of alkyl carbamates (subject to hydrolysis) is 1. The van der Waals surface area contributed by atoms with Gasteiger partial charge in [0.2, 0.25) is 11.8 Å². The Balaban J connectivity index is 2.05. The van der Waals surface area contributed by atoms with Crippen LogP contribution in [0.1, 0.15) is 97.9 Å². The Morgan fingerprint density at radius 2 is 1.41 bits per heavy atom. The minimum absolute atomic E-state index is 0.0661. The molecule has 0 spiro atoms. The van der Waals surface area contributed by atoms with Gasteiger partial charge in [-0.05, 0) is 84.3 Å². The van der Waals surface area contributed by atoms with Crippen LogP contribution in [-0.2, 0) is 30.3 Å². The van der Waals surface area contributed by atoms with E-state index in [2.05, 4.69) is 10.6 Å². The number of benzene rings is 2. The van der Waals surface area contributed by atoms with Gasteiger partial charge in [0.15, 0.2) is 0 Å². The molecule has 0 aromatic heterocycles. The number of nitrogens with one attached hydrogen (secondary N) is 2. The zero-order valence-electron chi connectivity index (χ0n) is 29.2. The van der Waals surface area contributed by atoms with Crippen LogP contribution in [0.5, 0.6) is 0 Å². The third-order valence-electron chi connectivity index (χ3n) is 7.58. The topological polar surface area (TPSA) is 114 Å². The van der Waals surface area contributed by atoms with Crippen molar-refractivity contribution in [1.29, 1.82) is 0 Å². The minimum atomic E-state index is -1.06. The standard InChI is InChI=1S/C37H53N3O6/c1-23(2)20-28(39-35(44)46-37(8,9)10)33(42)40(30-21-25(30)4)31(27-18-16-24(3)17-19-27)32(41)38-29(34(43)45-36(5,6)7)22-26-14-12-11-13-15-26/h11-19,23,25,28-31H,20-22H2,1-10H3,(H,38,41)(H,39,44). The van der Waals surface area contributed by atoms with Crippen molar-refractivity contribution in [3.63, 3.8) is 0 Å². The first kappa shape index (κ1) is 36.6. The van der Waals surface area contributed by atoms with E-state index in [1.54, 1.807) is 46.4 Å². The van der Waals surface area contributed by atoms with Crippen LogP contribution in [0.15, 0.2) is 54.6 Å². The number of amides is 3. The first-order valence-electron chi connectivity index (χ1n) is 16.3. The summed E-state index contributed by atoms with van der Waals surface area (Å²) in [4.78, 5) is 57.1. The van der Waals surface area contributed by atoms with Crippen molar-refractivity contribution in [3.05, 3.63) is 71.3 Å².